The van der Waals surface area contributed by atoms with Gasteiger partial charge in [0.25, 0.3) is 0 Å². The van der Waals surface area contributed by atoms with Crippen molar-refractivity contribution < 1.29 is 0 Å². The Morgan fingerprint density at radius 3 is 2.94 bits per heavy atom. The number of nitrogens with zero attached hydrogens (tertiary/aromatic N) is 6. The number of likely N-dealkylation sites (N-methyl/N-ethyl adjacent to an activating group) is 2. The van der Waals surface area contributed by atoms with Crippen LogP contribution in [0, 0.1) is 0 Å². The van der Waals surface area contributed by atoms with E-state index in [9.17, 15) is 0 Å². The van der Waals surface area contributed by atoms with Crippen molar-refractivity contribution in [1.29, 1.82) is 0 Å². The summed E-state index contributed by atoms with van der Waals surface area (Å²) in [5.74, 6) is 0.923. The standard InChI is InChI=1S/C10H21N7/c1-15-5-3-6-16(2)9(8-15)10-12-13-14-17(10)7-4-11/h9H,3-8,11H2,1-2H3. The quantitative estimate of drug-likeness (QED) is 0.724. The van der Waals surface area contributed by atoms with Crippen LogP contribution < -0.4 is 5.73 Å². The molecule has 0 amide bonds. The van der Waals surface area contributed by atoms with Crippen molar-refractivity contribution in [3.05, 3.63) is 5.82 Å². The van der Waals surface area contributed by atoms with Gasteiger partial charge in [-0.1, -0.05) is 0 Å². The average Bonchev–Trinajstić information content (AvgIpc) is 2.67. The number of tetrazole rings is 1. The van der Waals surface area contributed by atoms with Crippen molar-refractivity contribution in [3.8, 4) is 0 Å². The molecular weight excluding hydrogens is 218 g/mol. The molecule has 2 heterocycles. The third kappa shape index (κ3) is 2.80. The first kappa shape index (κ1) is 12.4. The largest absolute Gasteiger partial charge is 0.329 e. The Labute approximate surface area is 102 Å². The minimum Gasteiger partial charge on any atom is -0.329 e. The Kier molecular flexibility index (Phi) is 4.03. The van der Waals surface area contributed by atoms with E-state index < -0.39 is 0 Å². The van der Waals surface area contributed by atoms with Crippen molar-refractivity contribution in [2.45, 2.75) is 19.0 Å². The zero-order valence-electron chi connectivity index (χ0n) is 10.6. The first-order valence-corrected chi connectivity index (χ1v) is 6.07. The van der Waals surface area contributed by atoms with E-state index in [0.717, 1.165) is 25.5 Å². The molecule has 1 aliphatic heterocycles. The molecule has 1 unspecified atom stereocenters. The van der Waals surface area contributed by atoms with Gasteiger partial charge in [0.15, 0.2) is 5.82 Å². The van der Waals surface area contributed by atoms with Gasteiger partial charge in [0.2, 0.25) is 0 Å². The predicted octanol–water partition coefficient (Wildman–Crippen LogP) is -1.06. The highest BCUT2D eigenvalue weighted by Gasteiger charge is 2.26. The second kappa shape index (κ2) is 5.52. The Morgan fingerprint density at radius 2 is 2.18 bits per heavy atom. The Hall–Kier alpha value is -1.05. The summed E-state index contributed by atoms with van der Waals surface area (Å²) in [4.78, 5) is 4.65. The second-order valence-corrected chi connectivity index (χ2v) is 4.66. The lowest BCUT2D eigenvalue weighted by molar-refractivity contribution is 0.213. The summed E-state index contributed by atoms with van der Waals surface area (Å²) in [6.07, 6.45) is 1.18. The molecule has 7 heteroatoms. The van der Waals surface area contributed by atoms with Crippen molar-refractivity contribution in [1.82, 2.24) is 30.0 Å². The first-order valence-electron chi connectivity index (χ1n) is 6.07. The molecule has 0 saturated carbocycles. The molecule has 0 radical (unpaired) electrons. The number of hydrogen-bond acceptors (Lipinski definition) is 6. The average molecular weight is 239 g/mol. The maximum Gasteiger partial charge on any atom is 0.169 e. The van der Waals surface area contributed by atoms with Crippen LogP contribution in [0.5, 0.6) is 0 Å². The summed E-state index contributed by atoms with van der Waals surface area (Å²) in [5.41, 5.74) is 5.57. The highest BCUT2D eigenvalue weighted by atomic mass is 15.6. The van der Waals surface area contributed by atoms with Crippen LogP contribution in [0.15, 0.2) is 0 Å². The molecule has 7 nitrogen and oxygen atoms in total. The minimum absolute atomic E-state index is 0.254. The van der Waals surface area contributed by atoms with E-state index in [4.69, 9.17) is 5.73 Å². The maximum absolute atomic E-state index is 5.57. The zero-order chi connectivity index (χ0) is 12.3. The van der Waals surface area contributed by atoms with Gasteiger partial charge < -0.3 is 10.6 Å². The zero-order valence-corrected chi connectivity index (χ0v) is 10.6. The highest BCUT2D eigenvalue weighted by Crippen LogP contribution is 2.20. The fourth-order valence-corrected chi connectivity index (χ4v) is 2.28. The van der Waals surface area contributed by atoms with Gasteiger partial charge in [0.05, 0.1) is 12.6 Å². The first-order chi connectivity index (χ1) is 8.22. The van der Waals surface area contributed by atoms with Crippen LogP contribution in [0.25, 0.3) is 0 Å². The summed E-state index contributed by atoms with van der Waals surface area (Å²) in [5, 5.41) is 11.9. The van der Waals surface area contributed by atoms with E-state index in [1.807, 2.05) is 4.68 Å². The third-order valence-electron chi connectivity index (χ3n) is 3.27. The van der Waals surface area contributed by atoms with E-state index in [1.54, 1.807) is 0 Å². The number of hydrogen-bond donors (Lipinski definition) is 1. The Balaban J connectivity index is 2.19. The molecule has 1 aliphatic rings. The van der Waals surface area contributed by atoms with Crippen molar-refractivity contribution in [2.24, 2.45) is 5.73 Å². The summed E-state index contributed by atoms with van der Waals surface area (Å²) in [6.45, 7) is 4.39. The van der Waals surface area contributed by atoms with E-state index in [-0.39, 0.29) is 6.04 Å². The van der Waals surface area contributed by atoms with Gasteiger partial charge in [-0.15, -0.1) is 5.10 Å². The molecule has 0 bridgehead atoms. The van der Waals surface area contributed by atoms with Crippen molar-refractivity contribution >= 4 is 0 Å². The molecule has 1 atom stereocenters. The maximum atomic E-state index is 5.57. The van der Waals surface area contributed by atoms with E-state index in [0.29, 0.717) is 13.1 Å². The summed E-state index contributed by atoms with van der Waals surface area (Å²) in [7, 11) is 4.27. The molecule has 96 valence electrons. The smallest absolute Gasteiger partial charge is 0.169 e. The lowest BCUT2D eigenvalue weighted by atomic mass is 10.2. The molecule has 2 N–H and O–H groups in total. The van der Waals surface area contributed by atoms with Crippen LogP contribution in [-0.4, -0.2) is 70.3 Å². The number of rotatable bonds is 3. The summed E-state index contributed by atoms with van der Waals surface area (Å²) >= 11 is 0. The minimum atomic E-state index is 0.254. The number of nitrogens with two attached hydrogens (primary N) is 1. The van der Waals surface area contributed by atoms with Crippen LogP contribution in [0.3, 0.4) is 0 Å². The van der Waals surface area contributed by atoms with Crippen LogP contribution in [0.2, 0.25) is 0 Å². The third-order valence-corrected chi connectivity index (χ3v) is 3.27. The van der Waals surface area contributed by atoms with Crippen LogP contribution >= 0.6 is 0 Å². The van der Waals surface area contributed by atoms with Crippen molar-refractivity contribution in [2.75, 3.05) is 40.3 Å². The fourth-order valence-electron chi connectivity index (χ4n) is 2.28. The van der Waals surface area contributed by atoms with E-state index in [2.05, 4.69) is 39.4 Å². The summed E-state index contributed by atoms with van der Waals surface area (Å²) < 4.78 is 1.82. The molecule has 1 aromatic heterocycles. The SMILES string of the molecule is CN1CCCN(C)C(c2nnnn2CCN)C1. The van der Waals surface area contributed by atoms with E-state index in [1.165, 1.54) is 6.42 Å². The Bertz CT molecular complexity index is 350. The molecule has 1 fully saturated rings. The molecule has 1 saturated heterocycles. The van der Waals surface area contributed by atoms with Gasteiger partial charge in [-0.05, 0) is 44.0 Å². The van der Waals surface area contributed by atoms with Crippen LogP contribution in [-0.2, 0) is 6.54 Å². The molecule has 0 aliphatic carbocycles. The van der Waals surface area contributed by atoms with Gasteiger partial charge in [-0.25, -0.2) is 4.68 Å². The van der Waals surface area contributed by atoms with Gasteiger partial charge >= 0.3 is 0 Å². The normalized spacial score (nSPS) is 23.8. The van der Waals surface area contributed by atoms with Crippen molar-refractivity contribution in [3.63, 3.8) is 0 Å². The monoisotopic (exact) mass is 239 g/mol. The Morgan fingerprint density at radius 1 is 1.35 bits per heavy atom. The van der Waals surface area contributed by atoms with Gasteiger partial charge in [0.1, 0.15) is 0 Å². The topological polar surface area (TPSA) is 76.1 Å². The second-order valence-electron chi connectivity index (χ2n) is 4.66. The lowest BCUT2D eigenvalue weighted by Gasteiger charge is -2.26. The molecule has 1 aromatic rings. The molecule has 17 heavy (non-hydrogen) atoms. The van der Waals surface area contributed by atoms with Gasteiger partial charge in [0, 0.05) is 13.1 Å². The van der Waals surface area contributed by atoms with Crippen LogP contribution in [0.4, 0.5) is 0 Å². The number of aromatic nitrogens is 4. The van der Waals surface area contributed by atoms with Gasteiger partial charge in [-0.3, -0.25) is 4.90 Å². The highest BCUT2D eigenvalue weighted by molar-refractivity contribution is 4.95. The fraction of sp³-hybridized carbons (Fsp3) is 0.900. The van der Waals surface area contributed by atoms with Crippen LogP contribution in [0.1, 0.15) is 18.3 Å². The molecule has 2 rings (SSSR count). The summed E-state index contributed by atoms with van der Waals surface area (Å²) in [6, 6.07) is 0.254. The van der Waals surface area contributed by atoms with E-state index >= 15 is 0 Å². The molecule has 0 aromatic carbocycles. The molecule has 0 spiro atoms. The van der Waals surface area contributed by atoms with Gasteiger partial charge in [-0.2, -0.15) is 0 Å². The predicted molar refractivity (Wildman–Crippen MR) is 64.4 cm³/mol. The lowest BCUT2D eigenvalue weighted by Crippen LogP contribution is -2.33. The molecular formula is C10H21N7.